The summed E-state index contributed by atoms with van der Waals surface area (Å²) in [6, 6.07) is 7.60. The van der Waals surface area contributed by atoms with Crippen LogP contribution < -0.4 is 10.2 Å². The third kappa shape index (κ3) is 2.67. The lowest BCUT2D eigenvalue weighted by atomic mass is 10.1. The Bertz CT molecular complexity index is 551. The Labute approximate surface area is 116 Å². The van der Waals surface area contributed by atoms with Crippen LogP contribution in [0, 0.1) is 0 Å². The summed E-state index contributed by atoms with van der Waals surface area (Å²) in [4.78, 5) is 6.62. The van der Waals surface area contributed by atoms with Crippen molar-refractivity contribution in [3.63, 3.8) is 0 Å². The molecule has 6 heteroatoms. The van der Waals surface area contributed by atoms with E-state index in [1.54, 1.807) is 0 Å². The fourth-order valence-electron chi connectivity index (χ4n) is 2.17. The molecule has 1 fully saturated rings. The largest absolute Gasteiger partial charge is 0.352 e. The van der Waals surface area contributed by atoms with Gasteiger partial charge in [-0.15, -0.1) is 10.2 Å². The van der Waals surface area contributed by atoms with Crippen molar-refractivity contribution < 1.29 is 0 Å². The van der Waals surface area contributed by atoms with E-state index >= 15 is 0 Å². The number of anilines is 1. The van der Waals surface area contributed by atoms with Gasteiger partial charge < -0.3 is 10.2 Å². The Balaban J connectivity index is 1.98. The van der Waals surface area contributed by atoms with Crippen molar-refractivity contribution in [1.82, 2.24) is 20.5 Å². The minimum Gasteiger partial charge on any atom is -0.352 e. The van der Waals surface area contributed by atoms with Crippen LogP contribution in [0.3, 0.4) is 0 Å². The Morgan fingerprint density at radius 3 is 2.58 bits per heavy atom. The second-order valence-electron chi connectivity index (χ2n) is 4.38. The summed E-state index contributed by atoms with van der Waals surface area (Å²) in [5, 5.41) is 12.2. The van der Waals surface area contributed by atoms with Crippen molar-refractivity contribution in [3.05, 3.63) is 35.6 Å². The molecule has 2 aromatic rings. The predicted molar refractivity (Wildman–Crippen MR) is 75.4 cm³/mol. The molecule has 98 valence electrons. The highest BCUT2D eigenvalue weighted by atomic mass is 35.5. The van der Waals surface area contributed by atoms with Crippen LogP contribution in [0.25, 0.3) is 11.3 Å². The van der Waals surface area contributed by atoms with E-state index in [-0.39, 0.29) is 0 Å². The van der Waals surface area contributed by atoms with Crippen LogP contribution in [0.4, 0.5) is 5.82 Å². The van der Waals surface area contributed by atoms with E-state index in [2.05, 4.69) is 25.4 Å². The fourth-order valence-corrected chi connectivity index (χ4v) is 2.30. The summed E-state index contributed by atoms with van der Waals surface area (Å²) in [5.74, 6) is 0.888. The van der Waals surface area contributed by atoms with Crippen LogP contribution in [-0.4, -0.2) is 41.4 Å². The number of aromatic nitrogens is 3. The van der Waals surface area contributed by atoms with Gasteiger partial charge in [-0.3, -0.25) is 0 Å². The first-order valence-electron chi connectivity index (χ1n) is 6.24. The minimum atomic E-state index is 0.712. The van der Waals surface area contributed by atoms with Crippen molar-refractivity contribution in [3.8, 4) is 11.3 Å². The van der Waals surface area contributed by atoms with Crippen LogP contribution >= 0.6 is 11.6 Å². The van der Waals surface area contributed by atoms with Gasteiger partial charge in [-0.25, -0.2) is 4.98 Å². The molecule has 19 heavy (non-hydrogen) atoms. The van der Waals surface area contributed by atoms with Crippen molar-refractivity contribution >= 4 is 17.4 Å². The zero-order valence-electron chi connectivity index (χ0n) is 10.4. The van der Waals surface area contributed by atoms with Gasteiger partial charge in [0.15, 0.2) is 5.82 Å². The predicted octanol–water partition coefficient (Wildman–Crippen LogP) is 1.60. The standard InChI is InChI=1S/C13H14ClN5/c14-11-3-1-10(2-4-11)12-13(16-9-17-18-12)19-7-5-15-6-8-19/h1-4,9,15H,5-8H2. The van der Waals surface area contributed by atoms with E-state index in [1.165, 1.54) is 6.33 Å². The lowest BCUT2D eigenvalue weighted by molar-refractivity contribution is 0.583. The molecule has 0 radical (unpaired) electrons. The summed E-state index contributed by atoms with van der Waals surface area (Å²) in [7, 11) is 0. The molecular formula is C13H14ClN5. The number of rotatable bonds is 2. The minimum absolute atomic E-state index is 0.712. The number of halogens is 1. The van der Waals surface area contributed by atoms with Gasteiger partial charge in [-0.1, -0.05) is 23.7 Å². The van der Waals surface area contributed by atoms with Crippen molar-refractivity contribution in [2.24, 2.45) is 0 Å². The maximum Gasteiger partial charge on any atom is 0.159 e. The lowest BCUT2D eigenvalue weighted by Crippen LogP contribution is -2.44. The number of hydrogen-bond acceptors (Lipinski definition) is 5. The van der Waals surface area contributed by atoms with Crippen LogP contribution in [0.1, 0.15) is 0 Å². The van der Waals surface area contributed by atoms with E-state index in [0.29, 0.717) is 5.02 Å². The second kappa shape index (κ2) is 5.50. The van der Waals surface area contributed by atoms with Crippen molar-refractivity contribution in [2.45, 2.75) is 0 Å². The average molecular weight is 276 g/mol. The summed E-state index contributed by atoms with van der Waals surface area (Å²) < 4.78 is 0. The third-order valence-electron chi connectivity index (χ3n) is 3.14. The number of benzene rings is 1. The first-order chi connectivity index (χ1) is 9.34. The van der Waals surface area contributed by atoms with Crippen molar-refractivity contribution in [2.75, 3.05) is 31.1 Å². The van der Waals surface area contributed by atoms with Gasteiger partial charge >= 0.3 is 0 Å². The van der Waals surface area contributed by atoms with Gasteiger partial charge in [-0.05, 0) is 12.1 Å². The molecule has 3 rings (SSSR count). The van der Waals surface area contributed by atoms with Gasteiger partial charge in [0.2, 0.25) is 0 Å². The van der Waals surface area contributed by atoms with E-state index < -0.39 is 0 Å². The molecule has 0 spiro atoms. The normalized spacial score (nSPS) is 15.5. The zero-order valence-corrected chi connectivity index (χ0v) is 11.1. The summed E-state index contributed by atoms with van der Waals surface area (Å²) in [6.45, 7) is 3.78. The Kier molecular flexibility index (Phi) is 3.57. The zero-order chi connectivity index (χ0) is 13.1. The molecule has 0 atom stereocenters. The molecular weight excluding hydrogens is 262 g/mol. The quantitative estimate of drug-likeness (QED) is 0.902. The fraction of sp³-hybridized carbons (Fsp3) is 0.308. The number of nitrogens with zero attached hydrogens (tertiary/aromatic N) is 4. The van der Waals surface area contributed by atoms with E-state index in [0.717, 1.165) is 43.3 Å². The first-order valence-corrected chi connectivity index (χ1v) is 6.62. The molecule has 1 aliphatic rings. The molecule has 2 heterocycles. The number of nitrogens with one attached hydrogen (secondary N) is 1. The molecule has 1 aromatic carbocycles. The summed E-state index contributed by atoms with van der Waals surface area (Å²) >= 11 is 5.92. The first kappa shape index (κ1) is 12.3. The molecule has 0 bridgehead atoms. The lowest BCUT2D eigenvalue weighted by Gasteiger charge is -2.29. The molecule has 0 amide bonds. The van der Waals surface area contributed by atoms with Gasteiger partial charge in [0.25, 0.3) is 0 Å². The summed E-state index contributed by atoms with van der Waals surface area (Å²) in [5.41, 5.74) is 1.79. The highest BCUT2D eigenvalue weighted by Crippen LogP contribution is 2.27. The monoisotopic (exact) mass is 275 g/mol. The van der Waals surface area contributed by atoms with Gasteiger partial charge in [-0.2, -0.15) is 0 Å². The average Bonchev–Trinajstić information content (AvgIpc) is 2.49. The Morgan fingerprint density at radius 1 is 1.11 bits per heavy atom. The van der Waals surface area contributed by atoms with Crippen LogP contribution in [0.5, 0.6) is 0 Å². The second-order valence-corrected chi connectivity index (χ2v) is 4.81. The molecule has 1 aromatic heterocycles. The van der Waals surface area contributed by atoms with E-state index in [1.807, 2.05) is 24.3 Å². The number of hydrogen-bond donors (Lipinski definition) is 1. The molecule has 1 N–H and O–H groups in total. The smallest absolute Gasteiger partial charge is 0.159 e. The molecule has 0 saturated carbocycles. The van der Waals surface area contributed by atoms with Gasteiger partial charge in [0.05, 0.1) is 0 Å². The van der Waals surface area contributed by atoms with Gasteiger partial charge in [0.1, 0.15) is 12.0 Å². The molecule has 0 aliphatic carbocycles. The Hall–Kier alpha value is -1.72. The van der Waals surface area contributed by atoms with Crippen molar-refractivity contribution in [1.29, 1.82) is 0 Å². The van der Waals surface area contributed by atoms with Crippen LogP contribution in [0.15, 0.2) is 30.6 Å². The Morgan fingerprint density at radius 2 is 1.84 bits per heavy atom. The molecule has 0 unspecified atom stereocenters. The SMILES string of the molecule is Clc1ccc(-c2nncnc2N2CCNCC2)cc1. The number of piperazine rings is 1. The highest BCUT2D eigenvalue weighted by Gasteiger charge is 2.17. The van der Waals surface area contributed by atoms with E-state index in [9.17, 15) is 0 Å². The molecule has 1 aliphatic heterocycles. The molecule has 5 nitrogen and oxygen atoms in total. The maximum absolute atomic E-state index is 5.92. The topological polar surface area (TPSA) is 53.9 Å². The van der Waals surface area contributed by atoms with Gasteiger partial charge in [0, 0.05) is 36.8 Å². The maximum atomic E-state index is 5.92. The van der Waals surface area contributed by atoms with Crippen LogP contribution in [-0.2, 0) is 0 Å². The van der Waals surface area contributed by atoms with Crippen LogP contribution in [0.2, 0.25) is 5.02 Å². The molecule has 1 saturated heterocycles. The van der Waals surface area contributed by atoms with E-state index in [4.69, 9.17) is 11.6 Å². The third-order valence-corrected chi connectivity index (χ3v) is 3.39. The summed E-state index contributed by atoms with van der Waals surface area (Å²) in [6.07, 6.45) is 1.50. The highest BCUT2D eigenvalue weighted by molar-refractivity contribution is 6.30.